The molecule has 0 fully saturated rings. The highest BCUT2D eigenvalue weighted by atomic mass is 35.5. The third-order valence-corrected chi connectivity index (χ3v) is 3.85. The molecule has 0 aliphatic carbocycles. The van der Waals surface area contributed by atoms with Crippen molar-refractivity contribution in [2.45, 2.75) is 6.54 Å². The summed E-state index contributed by atoms with van der Waals surface area (Å²) in [7, 11) is 3.16. The highest BCUT2D eigenvalue weighted by Gasteiger charge is 2.10. The Morgan fingerprint density at radius 1 is 1.05 bits per heavy atom. The Kier molecular flexibility index (Phi) is 5.52. The zero-order chi connectivity index (χ0) is 16.1. The summed E-state index contributed by atoms with van der Waals surface area (Å²) in [5, 5.41) is 3.56. The number of hydrogen-bond acceptors (Lipinski definition) is 3. The van der Waals surface area contributed by atoms with E-state index in [1.165, 1.54) is 6.07 Å². The summed E-state index contributed by atoms with van der Waals surface area (Å²) in [4.78, 5) is 12.2. The summed E-state index contributed by atoms with van der Waals surface area (Å²) >= 11 is 11.8. The maximum atomic E-state index is 12.2. The van der Waals surface area contributed by atoms with Gasteiger partial charge in [0.1, 0.15) is 11.5 Å². The maximum absolute atomic E-state index is 12.2. The van der Waals surface area contributed by atoms with Gasteiger partial charge in [-0.05, 0) is 36.4 Å². The van der Waals surface area contributed by atoms with Gasteiger partial charge in [-0.25, -0.2) is 0 Å². The van der Waals surface area contributed by atoms with Crippen LogP contribution < -0.4 is 14.8 Å². The molecule has 4 nitrogen and oxygen atoms in total. The van der Waals surface area contributed by atoms with Crippen LogP contribution in [0.5, 0.6) is 11.5 Å². The number of hydrogen-bond donors (Lipinski definition) is 1. The lowest BCUT2D eigenvalue weighted by molar-refractivity contribution is 0.0950. The summed E-state index contributed by atoms with van der Waals surface area (Å²) in [5.41, 5.74) is 1.26. The van der Waals surface area contributed by atoms with Crippen molar-refractivity contribution in [3.05, 3.63) is 57.6 Å². The van der Waals surface area contributed by atoms with Crippen molar-refractivity contribution in [2.75, 3.05) is 14.2 Å². The first-order chi connectivity index (χ1) is 10.5. The summed E-state index contributed by atoms with van der Waals surface area (Å²) in [6, 6.07) is 10.1. The van der Waals surface area contributed by atoms with Crippen molar-refractivity contribution in [1.29, 1.82) is 0 Å². The number of amides is 1. The zero-order valence-electron chi connectivity index (χ0n) is 12.2. The molecule has 0 aromatic heterocycles. The van der Waals surface area contributed by atoms with Gasteiger partial charge in [0.15, 0.2) is 0 Å². The molecule has 2 aromatic rings. The number of halogens is 2. The van der Waals surface area contributed by atoms with Gasteiger partial charge in [-0.3, -0.25) is 4.79 Å². The molecular formula is C16H15Cl2NO3. The fourth-order valence-corrected chi connectivity index (χ4v) is 2.23. The molecule has 1 N–H and O–H groups in total. The summed E-state index contributed by atoms with van der Waals surface area (Å²) in [6.45, 7) is 0.305. The molecule has 2 rings (SSSR count). The maximum Gasteiger partial charge on any atom is 0.251 e. The van der Waals surface area contributed by atoms with E-state index in [0.29, 0.717) is 33.7 Å². The first-order valence-corrected chi connectivity index (χ1v) is 7.25. The minimum Gasteiger partial charge on any atom is -0.497 e. The van der Waals surface area contributed by atoms with E-state index in [1.807, 2.05) is 6.07 Å². The molecule has 6 heteroatoms. The van der Waals surface area contributed by atoms with Crippen molar-refractivity contribution in [3.63, 3.8) is 0 Å². The van der Waals surface area contributed by atoms with Gasteiger partial charge in [0, 0.05) is 17.7 Å². The highest BCUT2D eigenvalue weighted by molar-refractivity contribution is 6.42. The van der Waals surface area contributed by atoms with Crippen molar-refractivity contribution in [2.24, 2.45) is 0 Å². The predicted molar refractivity (Wildman–Crippen MR) is 87.2 cm³/mol. The smallest absolute Gasteiger partial charge is 0.251 e. The number of carbonyl (C=O) groups excluding carboxylic acids is 1. The number of methoxy groups -OCH3 is 2. The Morgan fingerprint density at radius 3 is 2.45 bits per heavy atom. The Hall–Kier alpha value is -1.91. The third-order valence-electron chi connectivity index (χ3n) is 3.11. The molecule has 0 spiro atoms. The molecule has 0 saturated carbocycles. The highest BCUT2D eigenvalue weighted by Crippen LogP contribution is 2.25. The summed E-state index contributed by atoms with van der Waals surface area (Å²) < 4.78 is 10.4. The Bertz CT molecular complexity index is 689. The van der Waals surface area contributed by atoms with Crippen molar-refractivity contribution >= 4 is 29.1 Å². The van der Waals surface area contributed by atoms with Crippen LogP contribution in [0.2, 0.25) is 10.0 Å². The average Bonchev–Trinajstić information content (AvgIpc) is 2.54. The quantitative estimate of drug-likeness (QED) is 0.897. The third kappa shape index (κ3) is 3.84. The van der Waals surface area contributed by atoms with E-state index in [9.17, 15) is 4.79 Å². The summed E-state index contributed by atoms with van der Waals surface area (Å²) in [6.07, 6.45) is 0. The van der Waals surface area contributed by atoms with Crippen LogP contribution in [0.1, 0.15) is 15.9 Å². The van der Waals surface area contributed by atoms with Crippen molar-refractivity contribution < 1.29 is 14.3 Å². The van der Waals surface area contributed by atoms with E-state index >= 15 is 0 Å². The van der Waals surface area contributed by atoms with Crippen LogP contribution in [0.25, 0.3) is 0 Å². The van der Waals surface area contributed by atoms with Crippen LogP contribution in [0, 0.1) is 0 Å². The second-order valence-corrected chi connectivity index (χ2v) is 5.30. The molecule has 0 aliphatic heterocycles. The fourth-order valence-electron chi connectivity index (χ4n) is 1.94. The van der Waals surface area contributed by atoms with Gasteiger partial charge in [0.2, 0.25) is 0 Å². The number of ether oxygens (including phenoxy) is 2. The van der Waals surface area contributed by atoms with Gasteiger partial charge >= 0.3 is 0 Å². The summed E-state index contributed by atoms with van der Waals surface area (Å²) in [5.74, 6) is 1.12. The van der Waals surface area contributed by atoms with Crippen LogP contribution in [0.3, 0.4) is 0 Å². The van der Waals surface area contributed by atoms with E-state index in [1.54, 1.807) is 38.5 Å². The second-order valence-electron chi connectivity index (χ2n) is 4.49. The Labute approximate surface area is 138 Å². The molecular weight excluding hydrogens is 325 g/mol. The first kappa shape index (κ1) is 16.5. The Balaban J connectivity index is 2.11. The standard InChI is InChI=1S/C16H15Cl2NO3/c1-21-12-4-6-15(22-2)11(7-12)9-19-16(20)10-3-5-13(17)14(18)8-10/h3-8H,9H2,1-2H3,(H,19,20). The molecule has 1 amide bonds. The number of benzene rings is 2. The predicted octanol–water partition coefficient (Wildman–Crippen LogP) is 3.94. The van der Waals surface area contributed by atoms with Gasteiger partial charge < -0.3 is 14.8 Å². The molecule has 0 radical (unpaired) electrons. The zero-order valence-corrected chi connectivity index (χ0v) is 13.7. The molecule has 0 aliphatic rings. The Morgan fingerprint density at radius 2 is 1.82 bits per heavy atom. The van der Waals surface area contributed by atoms with Crippen LogP contribution in [-0.4, -0.2) is 20.1 Å². The molecule has 0 unspecified atom stereocenters. The number of carbonyl (C=O) groups is 1. The minimum atomic E-state index is -0.247. The molecule has 22 heavy (non-hydrogen) atoms. The van der Waals surface area contributed by atoms with Crippen molar-refractivity contribution in [1.82, 2.24) is 5.32 Å². The molecule has 0 bridgehead atoms. The molecule has 2 aromatic carbocycles. The van der Waals surface area contributed by atoms with Gasteiger partial charge in [0.05, 0.1) is 24.3 Å². The van der Waals surface area contributed by atoms with Gasteiger partial charge in [-0.15, -0.1) is 0 Å². The largest absolute Gasteiger partial charge is 0.497 e. The molecule has 0 atom stereocenters. The SMILES string of the molecule is COc1ccc(OC)c(CNC(=O)c2ccc(Cl)c(Cl)c2)c1. The fraction of sp³-hybridized carbons (Fsp3) is 0.188. The van der Waals surface area contributed by atoms with Gasteiger partial charge in [-0.2, -0.15) is 0 Å². The van der Waals surface area contributed by atoms with Gasteiger partial charge in [0.25, 0.3) is 5.91 Å². The van der Waals surface area contributed by atoms with Crippen LogP contribution in [-0.2, 0) is 6.54 Å². The van der Waals surface area contributed by atoms with Crippen LogP contribution >= 0.6 is 23.2 Å². The van der Waals surface area contributed by atoms with E-state index in [4.69, 9.17) is 32.7 Å². The molecule has 0 saturated heterocycles. The number of nitrogens with one attached hydrogen (secondary N) is 1. The normalized spacial score (nSPS) is 10.2. The van der Waals surface area contributed by atoms with E-state index < -0.39 is 0 Å². The second kappa shape index (κ2) is 7.38. The first-order valence-electron chi connectivity index (χ1n) is 6.49. The lowest BCUT2D eigenvalue weighted by Crippen LogP contribution is -2.23. The van der Waals surface area contributed by atoms with Crippen LogP contribution in [0.4, 0.5) is 0 Å². The lowest BCUT2D eigenvalue weighted by Gasteiger charge is -2.11. The monoisotopic (exact) mass is 339 g/mol. The van der Waals surface area contributed by atoms with Crippen molar-refractivity contribution in [3.8, 4) is 11.5 Å². The molecule has 116 valence electrons. The van der Waals surface area contributed by atoms with Crippen LogP contribution in [0.15, 0.2) is 36.4 Å². The average molecular weight is 340 g/mol. The molecule has 0 heterocycles. The topological polar surface area (TPSA) is 47.6 Å². The number of rotatable bonds is 5. The van der Waals surface area contributed by atoms with E-state index in [2.05, 4.69) is 5.32 Å². The lowest BCUT2D eigenvalue weighted by atomic mass is 10.1. The minimum absolute atomic E-state index is 0.247. The van der Waals surface area contributed by atoms with E-state index in [-0.39, 0.29) is 5.91 Å². The van der Waals surface area contributed by atoms with E-state index in [0.717, 1.165) is 5.56 Å². The van der Waals surface area contributed by atoms with Gasteiger partial charge in [-0.1, -0.05) is 23.2 Å².